The van der Waals surface area contributed by atoms with Gasteiger partial charge in [0.25, 0.3) is 0 Å². The van der Waals surface area contributed by atoms with Crippen molar-refractivity contribution in [2.45, 2.75) is 26.2 Å². The van der Waals surface area contributed by atoms with Crippen molar-refractivity contribution in [1.82, 2.24) is 14.2 Å². The molecule has 0 atom stereocenters. The fraction of sp³-hybridized carbons (Fsp3) is 0.455. The second-order valence-electron chi connectivity index (χ2n) is 4.76. The highest BCUT2D eigenvalue weighted by molar-refractivity contribution is 5.39. The van der Waals surface area contributed by atoms with Crippen molar-refractivity contribution in [3.63, 3.8) is 0 Å². The Labute approximate surface area is 88.2 Å². The van der Waals surface area contributed by atoms with Crippen molar-refractivity contribution in [3.8, 4) is 0 Å². The molecule has 2 aromatic heterocycles. The lowest BCUT2D eigenvalue weighted by Gasteiger charge is -2.19. The van der Waals surface area contributed by atoms with Crippen LogP contribution in [0.4, 0.5) is 0 Å². The predicted octanol–water partition coefficient (Wildman–Crippen LogP) is 1.33. The normalized spacial score (nSPS) is 12.3. The number of aromatic nitrogens is 3. The molecule has 0 bridgehead atoms. The molecule has 0 aliphatic rings. The van der Waals surface area contributed by atoms with Crippen molar-refractivity contribution in [3.05, 3.63) is 34.4 Å². The Bertz CT molecular complexity index is 557. The van der Waals surface area contributed by atoms with Gasteiger partial charge in [-0.3, -0.25) is 0 Å². The summed E-state index contributed by atoms with van der Waals surface area (Å²) in [4.78, 5) is 11.9. The van der Waals surface area contributed by atoms with Gasteiger partial charge in [0.1, 0.15) is 0 Å². The Morgan fingerprint density at radius 1 is 1.27 bits per heavy atom. The van der Waals surface area contributed by atoms with E-state index in [0.29, 0.717) is 5.65 Å². The molecule has 0 fully saturated rings. The summed E-state index contributed by atoms with van der Waals surface area (Å²) in [7, 11) is 1.67. The van der Waals surface area contributed by atoms with Gasteiger partial charge in [-0.2, -0.15) is 5.10 Å². The zero-order chi connectivity index (χ0) is 11.2. The van der Waals surface area contributed by atoms with Crippen LogP contribution in [0.2, 0.25) is 0 Å². The smallest absolute Gasteiger partial charge is 0.247 e. The molecule has 2 heterocycles. The van der Waals surface area contributed by atoms with Gasteiger partial charge in [-0.15, -0.1) is 0 Å². The predicted molar refractivity (Wildman–Crippen MR) is 59.1 cm³/mol. The number of hydrogen-bond acceptors (Lipinski definition) is 2. The zero-order valence-corrected chi connectivity index (χ0v) is 9.48. The van der Waals surface area contributed by atoms with Crippen LogP contribution in [0.25, 0.3) is 5.65 Å². The highest BCUT2D eigenvalue weighted by Crippen LogP contribution is 2.21. The summed E-state index contributed by atoms with van der Waals surface area (Å²) in [5.41, 5.74) is 1.54. The molecule has 0 saturated carbocycles. The van der Waals surface area contributed by atoms with E-state index in [-0.39, 0.29) is 11.1 Å². The number of pyridine rings is 1. The molecule has 0 N–H and O–H groups in total. The van der Waals surface area contributed by atoms with Gasteiger partial charge in [0, 0.05) is 18.2 Å². The topological polar surface area (TPSA) is 39.3 Å². The van der Waals surface area contributed by atoms with Gasteiger partial charge in [-0.1, -0.05) is 26.8 Å². The Hall–Kier alpha value is -1.58. The van der Waals surface area contributed by atoms with Crippen molar-refractivity contribution in [2.75, 3.05) is 0 Å². The first kappa shape index (κ1) is 9.96. The average molecular weight is 205 g/mol. The highest BCUT2D eigenvalue weighted by atomic mass is 16.2. The Morgan fingerprint density at radius 3 is 2.53 bits per heavy atom. The maximum absolute atomic E-state index is 11.9. The molecule has 0 saturated heterocycles. The lowest BCUT2D eigenvalue weighted by atomic mass is 9.91. The van der Waals surface area contributed by atoms with E-state index in [2.05, 4.69) is 25.9 Å². The third-order valence-corrected chi connectivity index (χ3v) is 2.46. The second kappa shape index (κ2) is 2.95. The van der Waals surface area contributed by atoms with Crippen LogP contribution in [0.15, 0.2) is 23.0 Å². The third kappa shape index (κ3) is 1.46. The summed E-state index contributed by atoms with van der Waals surface area (Å²) in [6, 6.07) is 5.75. The number of aryl methyl sites for hydroxylation is 1. The summed E-state index contributed by atoms with van der Waals surface area (Å²) in [5.74, 6) is 0. The number of fused-ring (bicyclic) bond motifs is 1. The average Bonchev–Trinajstić information content (AvgIpc) is 2.41. The van der Waals surface area contributed by atoms with Gasteiger partial charge in [0.05, 0.1) is 0 Å². The number of hydrogen-bond donors (Lipinski definition) is 0. The fourth-order valence-electron chi connectivity index (χ4n) is 1.70. The van der Waals surface area contributed by atoms with Gasteiger partial charge in [0.2, 0.25) is 0 Å². The summed E-state index contributed by atoms with van der Waals surface area (Å²) < 4.78 is 3.03. The van der Waals surface area contributed by atoms with E-state index in [1.165, 1.54) is 4.68 Å². The molecule has 0 aromatic carbocycles. The summed E-state index contributed by atoms with van der Waals surface area (Å²) in [6.45, 7) is 6.25. The molecule has 80 valence electrons. The first-order chi connectivity index (χ1) is 6.91. The molecule has 0 spiro atoms. The minimum Gasteiger partial charge on any atom is -0.247 e. The van der Waals surface area contributed by atoms with Crippen LogP contribution >= 0.6 is 0 Å². The quantitative estimate of drug-likeness (QED) is 0.651. The Morgan fingerprint density at radius 2 is 1.93 bits per heavy atom. The number of nitrogens with zero attached hydrogens (tertiary/aromatic N) is 3. The van der Waals surface area contributed by atoms with E-state index in [1.54, 1.807) is 11.4 Å². The van der Waals surface area contributed by atoms with E-state index < -0.39 is 0 Å². The molecule has 2 aromatic rings. The third-order valence-electron chi connectivity index (χ3n) is 2.46. The highest BCUT2D eigenvalue weighted by Gasteiger charge is 2.19. The van der Waals surface area contributed by atoms with Crippen LogP contribution in [0.3, 0.4) is 0 Å². The van der Waals surface area contributed by atoms with Crippen LogP contribution < -0.4 is 5.69 Å². The first-order valence-corrected chi connectivity index (χ1v) is 4.96. The van der Waals surface area contributed by atoms with E-state index in [1.807, 2.05) is 18.2 Å². The lowest BCUT2D eigenvalue weighted by molar-refractivity contribution is 0.555. The van der Waals surface area contributed by atoms with Gasteiger partial charge >= 0.3 is 5.69 Å². The molecule has 0 radical (unpaired) electrons. The monoisotopic (exact) mass is 205 g/mol. The van der Waals surface area contributed by atoms with Crippen LogP contribution in [-0.4, -0.2) is 14.2 Å². The fourth-order valence-corrected chi connectivity index (χ4v) is 1.70. The molecule has 0 aliphatic carbocycles. The lowest BCUT2D eigenvalue weighted by Crippen LogP contribution is -2.25. The van der Waals surface area contributed by atoms with Gasteiger partial charge in [-0.25, -0.2) is 13.9 Å². The second-order valence-corrected chi connectivity index (χ2v) is 4.76. The number of rotatable bonds is 0. The molecule has 4 heteroatoms. The minimum atomic E-state index is -0.0875. The van der Waals surface area contributed by atoms with Gasteiger partial charge in [-0.05, 0) is 12.1 Å². The van der Waals surface area contributed by atoms with Gasteiger partial charge < -0.3 is 0 Å². The van der Waals surface area contributed by atoms with Crippen molar-refractivity contribution >= 4 is 5.65 Å². The summed E-state index contributed by atoms with van der Waals surface area (Å²) >= 11 is 0. The maximum Gasteiger partial charge on any atom is 0.350 e. The first-order valence-electron chi connectivity index (χ1n) is 4.96. The standard InChI is InChI=1S/C11H15N3O/c1-11(2,3)8-6-5-7-9-12-13(4)10(15)14(8)9/h5-7H,1-4H3. The molecule has 2 rings (SSSR count). The van der Waals surface area contributed by atoms with Gasteiger partial charge in [0.15, 0.2) is 5.65 Å². The van der Waals surface area contributed by atoms with E-state index in [9.17, 15) is 4.79 Å². The Balaban J connectivity index is 2.93. The van der Waals surface area contributed by atoms with Crippen LogP contribution in [-0.2, 0) is 12.5 Å². The van der Waals surface area contributed by atoms with Crippen LogP contribution in [0, 0.1) is 0 Å². The molecule has 0 amide bonds. The molecular formula is C11H15N3O. The van der Waals surface area contributed by atoms with Crippen molar-refractivity contribution in [1.29, 1.82) is 0 Å². The van der Waals surface area contributed by atoms with E-state index >= 15 is 0 Å². The molecule has 0 unspecified atom stereocenters. The molecular weight excluding hydrogens is 190 g/mol. The maximum atomic E-state index is 11.9. The molecule has 15 heavy (non-hydrogen) atoms. The molecule has 0 aliphatic heterocycles. The van der Waals surface area contributed by atoms with E-state index in [4.69, 9.17) is 0 Å². The van der Waals surface area contributed by atoms with E-state index in [0.717, 1.165) is 5.69 Å². The van der Waals surface area contributed by atoms with Crippen LogP contribution in [0.5, 0.6) is 0 Å². The van der Waals surface area contributed by atoms with Crippen molar-refractivity contribution < 1.29 is 0 Å². The van der Waals surface area contributed by atoms with Crippen molar-refractivity contribution in [2.24, 2.45) is 7.05 Å². The molecule has 4 nitrogen and oxygen atoms in total. The largest absolute Gasteiger partial charge is 0.350 e. The minimum absolute atomic E-state index is 0.0631. The Kier molecular flexibility index (Phi) is 1.96. The summed E-state index contributed by atoms with van der Waals surface area (Å²) in [6.07, 6.45) is 0. The zero-order valence-electron chi connectivity index (χ0n) is 9.48. The summed E-state index contributed by atoms with van der Waals surface area (Å²) in [5, 5.41) is 4.15. The SMILES string of the molecule is Cn1nc2cccc(C(C)(C)C)n2c1=O. The van der Waals surface area contributed by atoms with Crippen LogP contribution in [0.1, 0.15) is 26.5 Å².